The summed E-state index contributed by atoms with van der Waals surface area (Å²) in [5.74, 6) is 0.651. The van der Waals surface area contributed by atoms with Gasteiger partial charge in [-0.25, -0.2) is 4.98 Å². The molecule has 0 radical (unpaired) electrons. The zero-order valence-electron chi connectivity index (χ0n) is 11.7. The average molecular weight is 283 g/mol. The lowest BCUT2D eigenvalue weighted by molar-refractivity contribution is -0.116. The van der Waals surface area contributed by atoms with Crippen molar-refractivity contribution in [1.29, 1.82) is 0 Å². The number of benzene rings is 1. The van der Waals surface area contributed by atoms with Gasteiger partial charge in [0.05, 0.1) is 6.20 Å². The fourth-order valence-corrected chi connectivity index (χ4v) is 2.55. The third-order valence-electron chi connectivity index (χ3n) is 3.67. The number of carbonyl (C=O) groups is 1. The minimum Gasteiger partial charge on any atom is -0.320 e. The van der Waals surface area contributed by atoms with Gasteiger partial charge in [-0.15, -0.1) is 0 Å². The van der Waals surface area contributed by atoms with E-state index in [9.17, 15) is 9.59 Å². The first-order valence-corrected chi connectivity index (χ1v) is 7.16. The van der Waals surface area contributed by atoms with Crippen LogP contribution < -0.4 is 10.9 Å². The first-order valence-electron chi connectivity index (χ1n) is 7.16. The van der Waals surface area contributed by atoms with E-state index in [-0.39, 0.29) is 17.2 Å². The molecule has 1 aliphatic rings. The minimum absolute atomic E-state index is 0.148. The van der Waals surface area contributed by atoms with Crippen LogP contribution in [0.15, 0.2) is 41.3 Å². The predicted octanol–water partition coefficient (Wildman–Crippen LogP) is 1.76. The number of nitrogens with zero attached hydrogens (tertiary/aromatic N) is 2. The van der Waals surface area contributed by atoms with E-state index >= 15 is 0 Å². The molecule has 1 aliphatic heterocycles. The van der Waals surface area contributed by atoms with Gasteiger partial charge in [0.2, 0.25) is 5.91 Å². The van der Waals surface area contributed by atoms with Crippen molar-refractivity contribution < 1.29 is 4.79 Å². The van der Waals surface area contributed by atoms with Crippen LogP contribution in [0.2, 0.25) is 0 Å². The maximum Gasteiger partial charge on any atom is 0.277 e. The molecule has 1 aromatic carbocycles. The number of rotatable bonds is 4. The number of hydrogen-bond donors (Lipinski definition) is 1. The Balaban J connectivity index is 1.64. The Morgan fingerprint density at radius 2 is 2.10 bits per heavy atom. The molecule has 21 heavy (non-hydrogen) atoms. The van der Waals surface area contributed by atoms with Crippen LogP contribution in [0.3, 0.4) is 0 Å². The number of amides is 1. The summed E-state index contributed by atoms with van der Waals surface area (Å²) in [7, 11) is 0. The Bertz CT molecular complexity index is 707. The lowest BCUT2D eigenvalue weighted by atomic mass is 10.1. The molecule has 3 rings (SSSR count). The third-order valence-corrected chi connectivity index (χ3v) is 3.67. The van der Waals surface area contributed by atoms with Crippen molar-refractivity contribution in [3.8, 4) is 0 Å². The Morgan fingerprint density at radius 3 is 2.90 bits per heavy atom. The van der Waals surface area contributed by atoms with Crippen LogP contribution in [-0.4, -0.2) is 15.5 Å². The molecule has 108 valence electrons. The maximum absolute atomic E-state index is 12.2. The van der Waals surface area contributed by atoms with Crippen molar-refractivity contribution in [2.45, 2.75) is 32.2 Å². The van der Waals surface area contributed by atoms with Crippen molar-refractivity contribution in [2.75, 3.05) is 5.32 Å². The number of anilines is 1. The van der Waals surface area contributed by atoms with Crippen LogP contribution in [-0.2, 0) is 24.2 Å². The summed E-state index contributed by atoms with van der Waals surface area (Å²) in [5, 5.41) is 2.68. The SMILES string of the molecule is O=C(CCc1ccccc1)Nc1cnc2n(c1=O)CCC2. The highest BCUT2D eigenvalue weighted by molar-refractivity contribution is 5.90. The zero-order valence-corrected chi connectivity index (χ0v) is 11.7. The maximum atomic E-state index is 12.2. The van der Waals surface area contributed by atoms with Gasteiger partial charge < -0.3 is 5.32 Å². The largest absolute Gasteiger partial charge is 0.320 e. The van der Waals surface area contributed by atoms with Gasteiger partial charge in [0.25, 0.3) is 5.56 Å². The first kappa shape index (κ1) is 13.5. The van der Waals surface area contributed by atoms with E-state index in [1.165, 1.54) is 6.20 Å². The van der Waals surface area contributed by atoms with Crippen molar-refractivity contribution in [1.82, 2.24) is 9.55 Å². The Labute approximate surface area is 122 Å². The number of fused-ring (bicyclic) bond motifs is 1. The van der Waals surface area contributed by atoms with Crippen LogP contribution in [0.4, 0.5) is 5.69 Å². The fraction of sp³-hybridized carbons (Fsp3) is 0.312. The van der Waals surface area contributed by atoms with E-state index in [2.05, 4.69) is 10.3 Å². The topological polar surface area (TPSA) is 64.0 Å². The second-order valence-electron chi connectivity index (χ2n) is 5.18. The number of carbonyl (C=O) groups excluding carboxylic acids is 1. The molecule has 5 heteroatoms. The van der Waals surface area contributed by atoms with Gasteiger partial charge >= 0.3 is 0 Å². The van der Waals surface area contributed by atoms with Crippen LogP contribution in [0, 0.1) is 0 Å². The van der Waals surface area contributed by atoms with Gasteiger partial charge in [-0.05, 0) is 18.4 Å². The molecule has 0 atom stereocenters. The highest BCUT2D eigenvalue weighted by atomic mass is 16.2. The summed E-state index contributed by atoms with van der Waals surface area (Å²) in [6.07, 6.45) is 4.25. The lowest BCUT2D eigenvalue weighted by Gasteiger charge is -2.07. The fourth-order valence-electron chi connectivity index (χ4n) is 2.55. The van der Waals surface area contributed by atoms with Crippen LogP contribution in [0.1, 0.15) is 24.2 Å². The normalized spacial score (nSPS) is 13.0. The second-order valence-corrected chi connectivity index (χ2v) is 5.18. The van der Waals surface area contributed by atoms with E-state index < -0.39 is 0 Å². The van der Waals surface area contributed by atoms with Gasteiger partial charge in [-0.2, -0.15) is 0 Å². The molecule has 0 bridgehead atoms. The molecule has 0 aliphatic carbocycles. The summed E-state index contributed by atoms with van der Waals surface area (Å²) in [6.45, 7) is 0.689. The monoisotopic (exact) mass is 283 g/mol. The molecular formula is C16H17N3O2. The molecule has 0 fully saturated rings. The molecule has 0 unspecified atom stereocenters. The van der Waals surface area contributed by atoms with E-state index in [1.54, 1.807) is 4.57 Å². The van der Waals surface area contributed by atoms with Gasteiger partial charge in [-0.1, -0.05) is 30.3 Å². The highest BCUT2D eigenvalue weighted by Crippen LogP contribution is 2.11. The van der Waals surface area contributed by atoms with Crippen molar-refractivity contribution >= 4 is 11.6 Å². The number of nitrogens with one attached hydrogen (secondary N) is 1. The van der Waals surface area contributed by atoms with E-state index in [0.717, 1.165) is 24.2 Å². The molecule has 2 heterocycles. The van der Waals surface area contributed by atoms with Crippen LogP contribution in [0.5, 0.6) is 0 Å². The second kappa shape index (κ2) is 5.91. The number of hydrogen-bond acceptors (Lipinski definition) is 3. The molecule has 1 aromatic heterocycles. The zero-order chi connectivity index (χ0) is 14.7. The average Bonchev–Trinajstić information content (AvgIpc) is 2.98. The van der Waals surface area contributed by atoms with E-state index in [4.69, 9.17) is 0 Å². The smallest absolute Gasteiger partial charge is 0.277 e. The summed E-state index contributed by atoms with van der Waals surface area (Å²) in [5.41, 5.74) is 1.24. The van der Waals surface area contributed by atoms with E-state index in [0.29, 0.717) is 19.4 Å². The van der Waals surface area contributed by atoms with Crippen LogP contribution >= 0.6 is 0 Å². The van der Waals surface area contributed by atoms with Gasteiger partial charge in [0.1, 0.15) is 11.5 Å². The van der Waals surface area contributed by atoms with Crippen molar-refractivity contribution in [3.63, 3.8) is 0 Å². The molecule has 1 N–H and O–H groups in total. The molecule has 1 amide bonds. The molecule has 0 saturated carbocycles. The summed E-state index contributed by atoms with van der Waals surface area (Å²) in [6, 6.07) is 9.81. The molecular weight excluding hydrogens is 266 g/mol. The van der Waals surface area contributed by atoms with Crippen molar-refractivity contribution in [2.24, 2.45) is 0 Å². The van der Waals surface area contributed by atoms with Crippen molar-refractivity contribution in [3.05, 3.63) is 58.3 Å². The quantitative estimate of drug-likeness (QED) is 0.930. The van der Waals surface area contributed by atoms with Gasteiger partial charge in [0, 0.05) is 19.4 Å². The van der Waals surface area contributed by atoms with Gasteiger partial charge in [-0.3, -0.25) is 14.2 Å². The number of aromatic nitrogens is 2. The summed E-state index contributed by atoms with van der Waals surface area (Å²) in [4.78, 5) is 28.4. The highest BCUT2D eigenvalue weighted by Gasteiger charge is 2.16. The summed E-state index contributed by atoms with van der Waals surface area (Å²) < 4.78 is 1.65. The molecule has 0 saturated heterocycles. The lowest BCUT2D eigenvalue weighted by Crippen LogP contribution is -2.26. The Hall–Kier alpha value is -2.43. The molecule has 5 nitrogen and oxygen atoms in total. The minimum atomic E-state index is -0.156. The third kappa shape index (κ3) is 3.02. The number of aryl methyl sites for hydroxylation is 2. The van der Waals surface area contributed by atoms with E-state index in [1.807, 2.05) is 30.3 Å². The summed E-state index contributed by atoms with van der Waals surface area (Å²) >= 11 is 0. The Kier molecular flexibility index (Phi) is 3.81. The standard InChI is InChI=1S/C16H17N3O2/c20-15(9-8-12-5-2-1-3-6-12)18-13-11-17-14-7-4-10-19(14)16(13)21/h1-3,5-6,11H,4,7-10H2,(H,18,20). The molecule has 0 spiro atoms. The first-order chi connectivity index (χ1) is 10.2. The van der Waals surface area contributed by atoms with Crippen LogP contribution in [0.25, 0.3) is 0 Å². The Morgan fingerprint density at radius 1 is 1.29 bits per heavy atom. The molecule has 2 aromatic rings. The predicted molar refractivity (Wildman–Crippen MR) is 80.2 cm³/mol. The van der Waals surface area contributed by atoms with Gasteiger partial charge in [0.15, 0.2) is 0 Å².